The van der Waals surface area contributed by atoms with Crippen molar-refractivity contribution in [3.63, 3.8) is 0 Å². The summed E-state index contributed by atoms with van der Waals surface area (Å²) in [7, 11) is 0. The van der Waals surface area contributed by atoms with Crippen LogP contribution in [0.3, 0.4) is 0 Å². The Bertz CT molecular complexity index is 1620. The number of ether oxygens (including phenoxy) is 2. The van der Waals surface area contributed by atoms with Crippen LogP contribution in [-0.2, 0) is 24.1 Å². The van der Waals surface area contributed by atoms with Gasteiger partial charge in [0.1, 0.15) is 34.5 Å². The SMILES string of the molecule is CC(=O)NCC(N)Cc1cc(C)c(Oc2ccc(O)cc2)c(Cc2c(CC(N)CO)cc(C)c(Oc3ccc(O)cc3)c2C)c1. The molecule has 0 saturated heterocycles. The normalized spacial score (nSPS) is 12.4. The maximum Gasteiger partial charge on any atom is 0.216 e. The molecule has 2 atom stereocenters. The lowest BCUT2D eigenvalue weighted by Crippen LogP contribution is -2.37. The molecular formula is C36H43N3O6. The summed E-state index contributed by atoms with van der Waals surface area (Å²) in [5.41, 5.74) is 19.3. The molecule has 0 aliphatic carbocycles. The number of aryl methyl sites for hydroxylation is 2. The van der Waals surface area contributed by atoms with Crippen LogP contribution in [-0.4, -0.2) is 46.5 Å². The fraction of sp³-hybridized carbons (Fsp3) is 0.306. The number of rotatable bonds is 13. The average molecular weight is 614 g/mol. The molecule has 2 unspecified atom stereocenters. The van der Waals surface area contributed by atoms with Crippen LogP contribution in [0.5, 0.6) is 34.5 Å². The molecule has 238 valence electrons. The van der Waals surface area contributed by atoms with Gasteiger partial charge in [-0.15, -0.1) is 0 Å². The number of carbonyl (C=O) groups excluding carboxylic acids is 1. The van der Waals surface area contributed by atoms with Crippen LogP contribution < -0.4 is 26.3 Å². The van der Waals surface area contributed by atoms with Crippen molar-refractivity contribution in [1.29, 1.82) is 0 Å². The van der Waals surface area contributed by atoms with Gasteiger partial charge in [0, 0.05) is 32.0 Å². The molecule has 9 heteroatoms. The van der Waals surface area contributed by atoms with Crippen molar-refractivity contribution in [1.82, 2.24) is 5.32 Å². The van der Waals surface area contributed by atoms with E-state index in [1.807, 2.05) is 32.9 Å². The van der Waals surface area contributed by atoms with Crippen LogP contribution in [0.2, 0.25) is 0 Å². The monoisotopic (exact) mass is 613 g/mol. The van der Waals surface area contributed by atoms with E-state index in [-0.39, 0.29) is 30.1 Å². The van der Waals surface area contributed by atoms with Gasteiger partial charge in [-0.3, -0.25) is 4.79 Å². The highest BCUT2D eigenvalue weighted by Crippen LogP contribution is 2.38. The number of carbonyl (C=O) groups is 1. The van der Waals surface area contributed by atoms with Gasteiger partial charge in [0.05, 0.1) is 6.61 Å². The maximum absolute atomic E-state index is 11.5. The van der Waals surface area contributed by atoms with Gasteiger partial charge in [0.15, 0.2) is 0 Å². The van der Waals surface area contributed by atoms with Crippen molar-refractivity contribution in [3.05, 3.63) is 106 Å². The lowest BCUT2D eigenvalue weighted by Gasteiger charge is -2.23. The summed E-state index contributed by atoms with van der Waals surface area (Å²) in [6, 6.07) is 18.6. The third kappa shape index (κ3) is 8.98. The van der Waals surface area contributed by atoms with E-state index in [1.165, 1.54) is 6.92 Å². The Morgan fingerprint density at radius 2 is 1.33 bits per heavy atom. The summed E-state index contributed by atoms with van der Waals surface area (Å²) in [6.45, 7) is 7.63. The summed E-state index contributed by atoms with van der Waals surface area (Å²) in [4.78, 5) is 11.5. The van der Waals surface area contributed by atoms with Gasteiger partial charge in [-0.2, -0.15) is 0 Å². The van der Waals surface area contributed by atoms with Gasteiger partial charge >= 0.3 is 0 Å². The van der Waals surface area contributed by atoms with Gasteiger partial charge < -0.3 is 41.6 Å². The molecule has 0 saturated carbocycles. The summed E-state index contributed by atoms with van der Waals surface area (Å²) in [5, 5.41) is 32.1. The van der Waals surface area contributed by atoms with Crippen molar-refractivity contribution in [3.8, 4) is 34.5 Å². The Morgan fingerprint density at radius 3 is 1.89 bits per heavy atom. The van der Waals surface area contributed by atoms with Gasteiger partial charge in [-0.05, 0) is 121 Å². The van der Waals surface area contributed by atoms with E-state index in [9.17, 15) is 20.1 Å². The van der Waals surface area contributed by atoms with Gasteiger partial charge in [-0.1, -0.05) is 18.2 Å². The molecule has 45 heavy (non-hydrogen) atoms. The van der Waals surface area contributed by atoms with Crippen molar-refractivity contribution in [2.75, 3.05) is 13.2 Å². The summed E-state index contributed by atoms with van der Waals surface area (Å²) in [6.07, 6.45) is 1.47. The molecule has 0 spiro atoms. The van der Waals surface area contributed by atoms with E-state index in [0.717, 1.165) is 38.9 Å². The first-order chi connectivity index (χ1) is 21.4. The molecule has 0 aliphatic heterocycles. The van der Waals surface area contributed by atoms with Crippen molar-refractivity contribution in [2.24, 2.45) is 11.5 Å². The number of aliphatic hydroxyl groups excluding tert-OH is 1. The topological polar surface area (TPSA) is 160 Å². The van der Waals surface area contributed by atoms with Crippen LogP contribution >= 0.6 is 0 Å². The number of benzene rings is 4. The van der Waals surface area contributed by atoms with Crippen molar-refractivity contribution < 1.29 is 29.6 Å². The quantitative estimate of drug-likeness (QED) is 0.122. The number of phenolic OH excluding ortho intramolecular Hbond substituents is 2. The van der Waals surface area contributed by atoms with Gasteiger partial charge in [0.25, 0.3) is 0 Å². The second-order valence-electron chi connectivity index (χ2n) is 11.6. The van der Waals surface area contributed by atoms with Crippen LogP contribution in [0.25, 0.3) is 0 Å². The zero-order valence-electron chi connectivity index (χ0n) is 26.3. The Kier molecular flexibility index (Phi) is 11.1. The predicted octanol–water partition coefficient (Wildman–Crippen LogP) is 5.07. The summed E-state index contributed by atoms with van der Waals surface area (Å²) in [5.74, 6) is 2.70. The predicted molar refractivity (Wildman–Crippen MR) is 175 cm³/mol. The molecule has 8 N–H and O–H groups in total. The lowest BCUT2D eigenvalue weighted by atomic mass is 9.88. The second-order valence-corrected chi connectivity index (χ2v) is 11.6. The van der Waals surface area contributed by atoms with Crippen LogP contribution in [0.4, 0.5) is 0 Å². The average Bonchev–Trinajstić information content (AvgIpc) is 2.99. The third-order valence-corrected chi connectivity index (χ3v) is 7.65. The van der Waals surface area contributed by atoms with Crippen LogP contribution in [0.1, 0.15) is 45.9 Å². The smallest absolute Gasteiger partial charge is 0.216 e. The number of phenols is 2. The van der Waals surface area contributed by atoms with E-state index >= 15 is 0 Å². The van der Waals surface area contributed by atoms with Crippen LogP contribution in [0, 0.1) is 20.8 Å². The van der Waals surface area contributed by atoms with E-state index < -0.39 is 6.04 Å². The standard InChI is InChI=1S/C36H43N3O6/c1-21-13-25(16-28(37)19-39-24(4)41)15-27(36(21)45-33-11-7-31(43)8-12-33)18-34-23(3)35(44-32-9-5-30(42)6-10-32)22(2)14-26(34)17-29(38)20-40/h5-15,28-29,40,42-43H,16-20,37-38H2,1-4H3,(H,39,41). The molecule has 0 bridgehead atoms. The summed E-state index contributed by atoms with van der Waals surface area (Å²) < 4.78 is 12.8. The highest BCUT2D eigenvalue weighted by atomic mass is 16.5. The molecule has 4 aromatic carbocycles. The molecule has 0 radical (unpaired) electrons. The Morgan fingerprint density at radius 1 is 0.778 bits per heavy atom. The molecule has 0 aliphatic rings. The minimum Gasteiger partial charge on any atom is -0.508 e. The zero-order valence-corrected chi connectivity index (χ0v) is 26.3. The first kappa shape index (κ1) is 33.3. The highest BCUT2D eigenvalue weighted by molar-refractivity contribution is 5.72. The van der Waals surface area contributed by atoms with E-state index in [2.05, 4.69) is 11.4 Å². The fourth-order valence-electron chi connectivity index (χ4n) is 5.45. The molecule has 0 fully saturated rings. The third-order valence-electron chi connectivity index (χ3n) is 7.65. The minimum absolute atomic E-state index is 0.131. The Balaban J connectivity index is 1.81. The Labute approximate surface area is 264 Å². The molecular weight excluding hydrogens is 570 g/mol. The number of nitrogens with two attached hydrogens (primary N) is 2. The fourth-order valence-corrected chi connectivity index (χ4v) is 5.45. The van der Waals surface area contributed by atoms with Crippen LogP contribution in [0.15, 0.2) is 66.7 Å². The lowest BCUT2D eigenvalue weighted by molar-refractivity contribution is -0.119. The molecule has 9 nitrogen and oxygen atoms in total. The molecule has 4 rings (SSSR count). The number of hydrogen-bond donors (Lipinski definition) is 6. The van der Waals surface area contributed by atoms with E-state index in [1.54, 1.807) is 48.5 Å². The van der Waals surface area contributed by atoms with Crippen molar-refractivity contribution in [2.45, 2.75) is 59.0 Å². The summed E-state index contributed by atoms with van der Waals surface area (Å²) >= 11 is 0. The Hall–Kier alpha value is -4.57. The number of aliphatic hydroxyl groups is 1. The van der Waals surface area contributed by atoms with E-state index in [4.69, 9.17) is 20.9 Å². The molecule has 1 amide bonds. The first-order valence-corrected chi connectivity index (χ1v) is 15.0. The molecule has 4 aromatic rings. The molecule has 0 aromatic heterocycles. The highest BCUT2D eigenvalue weighted by Gasteiger charge is 2.21. The van der Waals surface area contributed by atoms with E-state index in [0.29, 0.717) is 48.8 Å². The number of hydrogen-bond acceptors (Lipinski definition) is 8. The maximum atomic E-state index is 11.5. The number of nitrogens with one attached hydrogen (secondary N) is 1. The number of aromatic hydroxyl groups is 2. The first-order valence-electron chi connectivity index (χ1n) is 15.0. The largest absolute Gasteiger partial charge is 0.508 e. The molecule has 0 heterocycles. The van der Waals surface area contributed by atoms with Gasteiger partial charge in [-0.25, -0.2) is 0 Å². The zero-order chi connectivity index (χ0) is 32.7. The van der Waals surface area contributed by atoms with Gasteiger partial charge in [0.2, 0.25) is 5.91 Å². The van der Waals surface area contributed by atoms with Crippen molar-refractivity contribution >= 4 is 5.91 Å². The number of amides is 1. The second kappa shape index (κ2) is 14.9. The minimum atomic E-state index is -0.445.